The van der Waals surface area contributed by atoms with Crippen LogP contribution in [0.25, 0.3) is 10.9 Å². The first-order valence-electron chi connectivity index (χ1n) is 12.3. The van der Waals surface area contributed by atoms with Crippen LogP contribution in [0.15, 0.2) is 48.5 Å². The third-order valence-electron chi connectivity index (χ3n) is 7.05. The Morgan fingerprint density at radius 2 is 1.56 bits per heavy atom. The average molecular weight is 554 g/mol. The molecule has 0 unspecified atom stereocenters. The van der Waals surface area contributed by atoms with E-state index in [-0.39, 0.29) is 17.9 Å². The van der Waals surface area contributed by atoms with Crippen LogP contribution >= 0.6 is 0 Å². The highest BCUT2D eigenvalue weighted by Crippen LogP contribution is 2.37. The first-order chi connectivity index (χ1) is 18.4. The number of para-hydroxylation sites is 1. The number of urea groups is 1. The molecule has 1 aromatic heterocycles. The maximum atomic E-state index is 13.1. The number of alkyl halides is 6. The van der Waals surface area contributed by atoms with Crippen molar-refractivity contribution in [2.45, 2.75) is 24.9 Å². The molecule has 13 heteroatoms. The number of nitrogens with one attached hydrogen (secondary N) is 1. The minimum Gasteiger partial charge on any atom is -0.506 e. The van der Waals surface area contributed by atoms with E-state index >= 15 is 0 Å². The van der Waals surface area contributed by atoms with E-state index in [0.717, 1.165) is 37.3 Å². The Labute approximate surface area is 219 Å². The molecule has 5 rings (SSSR count). The summed E-state index contributed by atoms with van der Waals surface area (Å²) in [7, 11) is 0. The molecule has 3 aromatic rings. The third-order valence-corrected chi connectivity index (χ3v) is 7.05. The monoisotopic (exact) mass is 553 g/mol. The number of anilines is 1. The van der Waals surface area contributed by atoms with Gasteiger partial charge >= 0.3 is 18.4 Å². The maximum Gasteiger partial charge on any atom is 0.416 e. The van der Waals surface area contributed by atoms with Crippen LogP contribution in [0.2, 0.25) is 0 Å². The molecular formula is C26H25F6N5O2. The van der Waals surface area contributed by atoms with Gasteiger partial charge in [0.2, 0.25) is 0 Å². The predicted molar refractivity (Wildman–Crippen MR) is 131 cm³/mol. The number of halogens is 6. The lowest BCUT2D eigenvalue weighted by Gasteiger charge is -2.48. The smallest absolute Gasteiger partial charge is 0.416 e. The van der Waals surface area contributed by atoms with Crippen molar-refractivity contribution in [1.29, 1.82) is 0 Å². The summed E-state index contributed by atoms with van der Waals surface area (Å²) in [6.07, 6.45) is -9.98. The zero-order valence-electron chi connectivity index (χ0n) is 20.6. The fraction of sp³-hybridized carbons (Fsp3) is 0.385. The van der Waals surface area contributed by atoms with Crippen molar-refractivity contribution in [2.75, 3.05) is 44.6 Å². The molecule has 39 heavy (non-hydrogen) atoms. The predicted octanol–water partition coefficient (Wildman–Crippen LogP) is 5.01. The van der Waals surface area contributed by atoms with Crippen LogP contribution in [0.4, 0.5) is 36.8 Å². The van der Waals surface area contributed by atoms with Crippen LogP contribution in [0.3, 0.4) is 0 Å². The van der Waals surface area contributed by atoms with Gasteiger partial charge in [0.1, 0.15) is 11.3 Å². The fourth-order valence-corrected chi connectivity index (χ4v) is 4.86. The first-order valence-corrected chi connectivity index (χ1v) is 12.3. The summed E-state index contributed by atoms with van der Waals surface area (Å²) in [5, 5.41) is 13.1. The quantitative estimate of drug-likeness (QED) is 0.445. The molecule has 2 N–H and O–H groups in total. The largest absolute Gasteiger partial charge is 0.506 e. The number of nitrogens with zero attached hydrogens (tertiary/aromatic N) is 4. The lowest BCUT2D eigenvalue weighted by atomic mass is 10.1. The average Bonchev–Trinajstić information content (AvgIpc) is 2.83. The van der Waals surface area contributed by atoms with Gasteiger partial charge in [-0.25, -0.2) is 9.78 Å². The Bertz CT molecular complexity index is 1330. The number of pyridine rings is 1. The Morgan fingerprint density at radius 3 is 2.18 bits per heavy atom. The van der Waals surface area contributed by atoms with Gasteiger partial charge in [0.15, 0.2) is 0 Å². The number of phenolic OH excluding ortho intramolecular Hbond substituents is 1. The van der Waals surface area contributed by atoms with Gasteiger partial charge in [0.05, 0.1) is 16.8 Å². The first kappa shape index (κ1) is 27.0. The molecule has 3 heterocycles. The highest BCUT2D eigenvalue weighted by atomic mass is 19.4. The topological polar surface area (TPSA) is 71.9 Å². The van der Waals surface area contributed by atoms with Gasteiger partial charge in [0, 0.05) is 62.9 Å². The summed E-state index contributed by atoms with van der Waals surface area (Å²) in [6.45, 7) is 4.25. The lowest BCUT2D eigenvalue weighted by Crippen LogP contribution is -2.64. The molecule has 2 saturated heterocycles. The van der Waals surface area contributed by atoms with Crippen LogP contribution < -0.4 is 5.32 Å². The molecule has 0 radical (unpaired) electrons. The van der Waals surface area contributed by atoms with Crippen LogP contribution in [0, 0.1) is 0 Å². The molecular weight excluding hydrogens is 528 g/mol. The number of rotatable bonds is 4. The van der Waals surface area contributed by atoms with E-state index in [2.05, 4.69) is 20.1 Å². The summed E-state index contributed by atoms with van der Waals surface area (Å²) >= 11 is 0. The zero-order valence-corrected chi connectivity index (χ0v) is 20.6. The Balaban J connectivity index is 1.12. The number of aromatic nitrogens is 1. The van der Waals surface area contributed by atoms with E-state index in [1.807, 2.05) is 18.2 Å². The van der Waals surface area contributed by atoms with Gasteiger partial charge in [-0.3, -0.25) is 9.80 Å². The standard InChI is InChI=1S/C26H25F6N5O2/c27-25(28,29)17-10-18(26(30,31)32)12-20(11-17)34-24(39)37-14-21(15-37)36-8-6-35(7-9-36)13-19-5-4-16-2-1-3-22(38)23(16)33-19/h1-5,10-12,21,38H,6-9,13-15H2,(H,34,39). The third kappa shape index (κ3) is 6.04. The SMILES string of the molecule is O=C(Nc1cc(C(F)(F)F)cc(C(F)(F)F)c1)N1CC(N2CCN(Cc3ccc4cccc(O)c4n3)CC2)C1. The van der Waals surface area contributed by atoms with E-state index in [4.69, 9.17) is 0 Å². The fourth-order valence-electron chi connectivity index (χ4n) is 4.86. The summed E-state index contributed by atoms with van der Waals surface area (Å²) in [6, 6.07) is 9.41. The Kier molecular flexibility index (Phi) is 7.06. The molecule has 0 saturated carbocycles. The van der Waals surface area contributed by atoms with Gasteiger partial charge in [-0.15, -0.1) is 0 Å². The number of fused-ring (bicyclic) bond motifs is 1. The number of carbonyl (C=O) groups is 1. The van der Waals surface area contributed by atoms with E-state index in [9.17, 15) is 36.2 Å². The molecule has 2 aliphatic heterocycles. The highest BCUT2D eigenvalue weighted by molar-refractivity contribution is 5.90. The van der Waals surface area contributed by atoms with Gasteiger partial charge in [-0.2, -0.15) is 26.3 Å². The number of carbonyl (C=O) groups excluding carboxylic acids is 1. The second-order valence-corrected chi connectivity index (χ2v) is 9.75. The number of likely N-dealkylation sites (tertiary alicyclic amines) is 1. The molecule has 2 amide bonds. The van der Waals surface area contributed by atoms with Gasteiger partial charge in [-0.1, -0.05) is 18.2 Å². The molecule has 2 fully saturated rings. The molecule has 0 spiro atoms. The van der Waals surface area contributed by atoms with Gasteiger partial charge < -0.3 is 15.3 Å². The Hall–Kier alpha value is -3.58. The van der Waals surface area contributed by atoms with Gasteiger partial charge in [-0.05, 0) is 30.3 Å². The van der Waals surface area contributed by atoms with Crippen molar-refractivity contribution in [3.8, 4) is 5.75 Å². The minimum absolute atomic E-state index is 0.0227. The van der Waals surface area contributed by atoms with Crippen molar-refractivity contribution in [3.05, 3.63) is 65.4 Å². The number of aromatic hydroxyl groups is 1. The van der Waals surface area contributed by atoms with Crippen LogP contribution in [-0.2, 0) is 18.9 Å². The normalized spacial score (nSPS) is 17.8. The number of piperazine rings is 1. The molecule has 0 aliphatic carbocycles. The summed E-state index contributed by atoms with van der Waals surface area (Å²) in [5.41, 5.74) is -2.13. The number of hydrogen-bond donors (Lipinski definition) is 2. The van der Waals surface area contributed by atoms with Crippen LogP contribution in [0.5, 0.6) is 5.75 Å². The minimum atomic E-state index is -4.99. The van der Waals surface area contributed by atoms with Crippen molar-refractivity contribution in [2.24, 2.45) is 0 Å². The van der Waals surface area contributed by atoms with Crippen LogP contribution in [0.1, 0.15) is 16.8 Å². The van der Waals surface area contributed by atoms with Gasteiger partial charge in [0.25, 0.3) is 0 Å². The van der Waals surface area contributed by atoms with Crippen molar-refractivity contribution in [1.82, 2.24) is 19.7 Å². The van der Waals surface area contributed by atoms with E-state index in [1.165, 1.54) is 4.90 Å². The maximum absolute atomic E-state index is 13.1. The van der Waals surface area contributed by atoms with E-state index in [1.54, 1.807) is 12.1 Å². The van der Waals surface area contributed by atoms with Crippen molar-refractivity contribution >= 4 is 22.6 Å². The summed E-state index contributed by atoms with van der Waals surface area (Å²) in [5.74, 6) is 0.131. The number of benzene rings is 2. The second kappa shape index (κ2) is 10.2. The highest BCUT2D eigenvalue weighted by Gasteiger charge is 2.39. The second-order valence-electron chi connectivity index (χ2n) is 9.75. The summed E-state index contributed by atoms with van der Waals surface area (Å²) < 4.78 is 78.5. The molecule has 2 aromatic carbocycles. The molecule has 0 bridgehead atoms. The molecule has 7 nitrogen and oxygen atoms in total. The zero-order chi connectivity index (χ0) is 27.9. The molecule has 208 valence electrons. The molecule has 0 atom stereocenters. The van der Waals surface area contributed by atoms with Crippen molar-refractivity contribution < 1.29 is 36.2 Å². The molecule has 2 aliphatic rings. The number of hydrogen-bond acceptors (Lipinski definition) is 5. The number of amides is 2. The summed E-state index contributed by atoms with van der Waals surface area (Å²) in [4.78, 5) is 22.9. The van der Waals surface area contributed by atoms with E-state index < -0.39 is 35.2 Å². The number of phenols is 1. The Morgan fingerprint density at radius 1 is 0.923 bits per heavy atom. The van der Waals surface area contributed by atoms with E-state index in [0.29, 0.717) is 37.3 Å². The lowest BCUT2D eigenvalue weighted by molar-refractivity contribution is -0.143. The van der Waals surface area contributed by atoms with Crippen LogP contribution in [-0.4, -0.2) is 76.1 Å². The van der Waals surface area contributed by atoms with Crippen molar-refractivity contribution in [3.63, 3.8) is 0 Å².